The highest BCUT2D eigenvalue weighted by atomic mass is 16.5. The number of carbonyl (C=O) groups excluding carboxylic acids is 3. The van der Waals surface area contributed by atoms with Gasteiger partial charge in [-0.2, -0.15) is 0 Å². The molecule has 4 rings (SSSR count). The standard InChI is InChI=1S/C25H33N3O4/c1-16(2)14-21(28-24(30)19-11-5-6-12-20(19)25(28)31)22(29)27-15-17-8-7-13-26-23(17)32-18-9-3-4-10-18/h5-8,13,16,18-21H,3-4,9-12,14-15H2,1-2H3,(H,27,29)/t19-,20+,21-/m0/s1. The summed E-state index contributed by atoms with van der Waals surface area (Å²) in [5.41, 5.74) is 0.799. The number of rotatable bonds is 8. The molecule has 0 aromatic carbocycles. The summed E-state index contributed by atoms with van der Waals surface area (Å²) < 4.78 is 6.07. The Bertz CT molecular complexity index is 865. The maximum absolute atomic E-state index is 13.3. The second kappa shape index (κ2) is 9.84. The van der Waals surface area contributed by atoms with Gasteiger partial charge in [-0.1, -0.05) is 32.1 Å². The third-order valence-corrected chi connectivity index (χ3v) is 6.73. The molecule has 1 saturated heterocycles. The molecule has 1 aromatic rings. The first kappa shape index (κ1) is 22.5. The molecule has 1 saturated carbocycles. The van der Waals surface area contributed by atoms with E-state index in [9.17, 15) is 14.4 Å². The Labute approximate surface area is 189 Å². The number of imide groups is 1. The lowest BCUT2D eigenvalue weighted by Crippen LogP contribution is -2.50. The van der Waals surface area contributed by atoms with Gasteiger partial charge in [0.2, 0.25) is 23.6 Å². The number of hydrogen-bond acceptors (Lipinski definition) is 5. The van der Waals surface area contributed by atoms with Crippen LogP contribution in [0, 0.1) is 17.8 Å². The summed E-state index contributed by atoms with van der Waals surface area (Å²) >= 11 is 0. The number of carbonyl (C=O) groups is 3. The van der Waals surface area contributed by atoms with Crippen molar-refractivity contribution in [2.24, 2.45) is 17.8 Å². The van der Waals surface area contributed by atoms with E-state index in [-0.39, 0.29) is 48.1 Å². The predicted molar refractivity (Wildman–Crippen MR) is 119 cm³/mol. The van der Waals surface area contributed by atoms with Crippen LogP contribution in [0.2, 0.25) is 0 Å². The van der Waals surface area contributed by atoms with Gasteiger partial charge >= 0.3 is 0 Å². The Morgan fingerprint density at radius 2 is 1.81 bits per heavy atom. The number of nitrogens with one attached hydrogen (secondary N) is 1. The molecule has 0 spiro atoms. The number of likely N-dealkylation sites (tertiary alicyclic amines) is 1. The molecule has 172 valence electrons. The zero-order valence-electron chi connectivity index (χ0n) is 19.0. The molecular weight excluding hydrogens is 406 g/mol. The van der Waals surface area contributed by atoms with Crippen molar-refractivity contribution in [1.82, 2.24) is 15.2 Å². The van der Waals surface area contributed by atoms with E-state index in [1.165, 1.54) is 4.90 Å². The van der Waals surface area contributed by atoms with Crippen LogP contribution in [-0.4, -0.2) is 39.8 Å². The molecule has 7 heteroatoms. The number of pyridine rings is 1. The van der Waals surface area contributed by atoms with Crippen LogP contribution in [-0.2, 0) is 20.9 Å². The minimum atomic E-state index is -0.795. The Balaban J connectivity index is 1.46. The minimum Gasteiger partial charge on any atom is -0.474 e. The number of ether oxygens (including phenoxy) is 1. The van der Waals surface area contributed by atoms with E-state index >= 15 is 0 Å². The molecule has 0 radical (unpaired) electrons. The molecule has 32 heavy (non-hydrogen) atoms. The highest BCUT2D eigenvalue weighted by Crippen LogP contribution is 2.37. The maximum Gasteiger partial charge on any atom is 0.243 e. The molecule has 2 aliphatic carbocycles. The Kier molecular flexibility index (Phi) is 6.92. The van der Waals surface area contributed by atoms with E-state index in [4.69, 9.17) is 4.74 Å². The van der Waals surface area contributed by atoms with E-state index in [1.54, 1.807) is 6.20 Å². The first-order valence-corrected chi connectivity index (χ1v) is 11.9. The Morgan fingerprint density at radius 1 is 1.16 bits per heavy atom. The average molecular weight is 440 g/mol. The smallest absolute Gasteiger partial charge is 0.243 e. The summed E-state index contributed by atoms with van der Waals surface area (Å²) in [7, 11) is 0. The lowest BCUT2D eigenvalue weighted by Gasteiger charge is -2.27. The fraction of sp³-hybridized carbons (Fsp3) is 0.600. The molecule has 3 amide bonds. The summed E-state index contributed by atoms with van der Waals surface area (Å²) in [5.74, 6) is -0.687. The second-order valence-electron chi connectivity index (χ2n) is 9.56. The summed E-state index contributed by atoms with van der Waals surface area (Å²) in [6.45, 7) is 4.23. The number of hydrogen-bond donors (Lipinski definition) is 1. The van der Waals surface area contributed by atoms with Crippen LogP contribution in [0.3, 0.4) is 0 Å². The van der Waals surface area contributed by atoms with Gasteiger partial charge in [0.15, 0.2) is 0 Å². The SMILES string of the molecule is CC(C)C[C@@H](C(=O)NCc1cccnc1OC1CCCC1)N1C(=O)[C@H]2CC=CC[C@H]2C1=O. The van der Waals surface area contributed by atoms with Crippen LogP contribution in [0.15, 0.2) is 30.5 Å². The molecule has 1 N–H and O–H groups in total. The van der Waals surface area contributed by atoms with Gasteiger partial charge in [0.1, 0.15) is 12.1 Å². The first-order chi connectivity index (χ1) is 15.5. The van der Waals surface area contributed by atoms with Crippen molar-refractivity contribution in [2.45, 2.75) is 77.5 Å². The summed E-state index contributed by atoms with van der Waals surface area (Å²) in [6, 6.07) is 2.91. The van der Waals surface area contributed by atoms with Gasteiger partial charge in [0.05, 0.1) is 11.8 Å². The van der Waals surface area contributed by atoms with Crippen molar-refractivity contribution in [1.29, 1.82) is 0 Å². The van der Waals surface area contributed by atoms with Gasteiger partial charge in [-0.05, 0) is 56.9 Å². The van der Waals surface area contributed by atoms with Crippen LogP contribution in [0.5, 0.6) is 5.88 Å². The third kappa shape index (κ3) is 4.71. The topological polar surface area (TPSA) is 88.6 Å². The van der Waals surface area contributed by atoms with Crippen LogP contribution < -0.4 is 10.1 Å². The minimum absolute atomic E-state index is 0.159. The number of nitrogens with zero attached hydrogens (tertiary/aromatic N) is 2. The van der Waals surface area contributed by atoms with Crippen molar-refractivity contribution in [2.75, 3.05) is 0 Å². The molecule has 3 atom stereocenters. The summed E-state index contributed by atoms with van der Waals surface area (Å²) in [6.07, 6.45) is 11.7. The lowest BCUT2D eigenvalue weighted by atomic mass is 9.85. The third-order valence-electron chi connectivity index (χ3n) is 6.73. The second-order valence-corrected chi connectivity index (χ2v) is 9.56. The number of allylic oxidation sites excluding steroid dienone is 2. The molecule has 1 aliphatic heterocycles. The van der Waals surface area contributed by atoms with Gasteiger partial charge in [0.25, 0.3) is 0 Å². The van der Waals surface area contributed by atoms with Crippen molar-refractivity contribution >= 4 is 17.7 Å². The van der Waals surface area contributed by atoms with Crippen LogP contribution in [0.25, 0.3) is 0 Å². The Morgan fingerprint density at radius 3 is 2.44 bits per heavy atom. The van der Waals surface area contributed by atoms with E-state index in [0.29, 0.717) is 25.1 Å². The van der Waals surface area contributed by atoms with Gasteiger partial charge in [-0.3, -0.25) is 19.3 Å². The largest absolute Gasteiger partial charge is 0.474 e. The van der Waals surface area contributed by atoms with E-state index in [2.05, 4.69) is 10.3 Å². The quantitative estimate of drug-likeness (QED) is 0.495. The van der Waals surface area contributed by atoms with Crippen molar-refractivity contribution in [3.63, 3.8) is 0 Å². The van der Waals surface area contributed by atoms with Gasteiger partial charge in [-0.15, -0.1) is 0 Å². The van der Waals surface area contributed by atoms with E-state index < -0.39 is 6.04 Å². The van der Waals surface area contributed by atoms with Crippen LogP contribution in [0.4, 0.5) is 0 Å². The summed E-state index contributed by atoms with van der Waals surface area (Å²) in [5, 5.41) is 2.95. The fourth-order valence-corrected chi connectivity index (χ4v) is 5.04. The Hall–Kier alpha value is -2.70. The van der Waals surface area contributed by atoms with Crippen molar-refractivity contribution in [3.8, 4) is 5.88 Å². The highest BCUT2D eigenvalue weighted by molar-refractivity contribution is 6.08. The van der Waals surface area contributed by atoms with Gasteiger partial charge in [0, 0.05) is 18.3 Å². The number of amides is 3. The molecule has 7 nitrogen and oxygen atoms in total. The summed E-state index contributed by atoms with van der Waals surface area (Å²) in [4.78, 5) is 45.0. The first-order valence-electron chi connectivity index (χ1n) is 11.9. The average Bonchev–Trinajstić information content (AvgIpc) is 3.38. The van der Waals surface area contributed by atoms with Crippen LogP contribution in [0.1, 0.15) is 64.4 Å². The molecular formula is C25H33N3O4. The van der Waals surface area contributed by atoms with Crippen LogP contribution >= 0.6 is 0 Å². The van der Waals surface area contributed by atoms with E-state index in [1.807, 2.05) is 38.1 Å². The molecule has 2 fully saturated rings. The fourth-order valence-electron chi connectivity index (χ4n) is 5.04. The molecule has 2 heterocycles. The van der Waals surface area contributed by atoms with E-state index in [0.717, 1.165) is 31.2 Å². The van der Waals surface area contributed by atoms with Gasteiger partial charge in [-0.25, -0.2) is 4.98 Å². The number of fused-ring (bicyclic) bond motifs is 1. The molecule has 0 bridgehead atoms. The zero-order valence-corrected chi connectivity index (χ0v) is 19.0. The number of aromatic nitrogens is 1. The van der Waals surface area contributed by atoms with Crippen molar-refractivity contribution < 1.29 is 19.1 Å². The van der Waals surface area contributed by atoms with Crippen molar-refractivity contribution in [3.05, 3.63) is 36.0 Å². The van der Waals surface area contributed by atoms with Gasteiger partial charge < -0.3 is 10.1 Å². The highest BCUT2D eigenvalue weighted by Gasteiger charge is 2.51. The zero-order chi connectivity index (χ0) is 22.7. The monoisotopic (exact) mass is 439 g/mol. The molecule has 3 aliphatic rings. The maximum atomic E-state index is 13.3. The molecule has 0 unspecified atom stereocenters. The molecule has 1 aromatic heterocycles. The normalized spacial score (nSPS) is 24.2. The lowest BCUT2D eigenvalue weighted by molar-refractivity contribution is -0.148. The predicted octanol–water partition coefficient (Wildman–Crippen LogP) is 3.39.